The van der Waals surface area contributed by atoms with Crippen LogP contribution in [-0.4, -0.2) is 36.1 Å². The summed E-state index contributed by atoms with van der Waals surface area (Å²) < 4.78 is 38.8. The van der Waals surface area contributed by atoms with Crippen molar-refractivity contribution in [3.63, 3.8) is 0 Å². The maximum absolute atomic E-state index is 12.9. The average molecular weight is 501 g/mol. The van der Waals surface area contributed by atoms with Crippen LogP contribution in [0.25, 0.3) is 10.6 Å². The molecule has 4 rings (SSSR count). The van der Waals surface area contributed by atoms with Gasteiger partial charge in [0.15, 0.2) is 0 Å². The highest BCUT2D eigenvalue weighted by Gasteiger charge is 2.32. The van der Waals surface area contributed by atoms with Crippen LogP contribution in [0.3, 0.4) is 0 Å². The second kappa shape index (κ2) is 9.76. The molecule has 0 radical (unpaired) electrons. The number of carboxylic acid groups (broad SMARTS) is 1. The maximum Gasteiger partial charge on any atom is 0.433 e. The molecule has 12 heteroatoms. The first-order valence-electron chi connectivity index (χ1n) is 10.2. The van der Waals surface area contributed by atoms with Gasteiger partial charge in [0.1, 0.15) is 16.8 Å². The fourth-order valence-corrected chi connectivity index (χ4v) is 4.09. The zero-order chi connectivity index (χ0) is 25.2. The lowest BCUT2D eigenvalue weighted by Crippen LogP contribution is -2.10. The van der Waals surface area contributed by atoms with E-state index in [1.54, 1.807) is 37.4 Å². The number of alkyl halides is 3. The Kier molecular flexibility index (Phi) is 6.76. The van der Waals surface area contributed by atoms with E-state index in [1.807, 2.05) is 0 Å². The Bertz CT molecular complexity index is 1360. The van der Waals surface area contributed by atoms with Crippen LogP contribution in [0.5, 0.6) is 0 Å². The third kappa shape index (κ3) is 5.97. The minimum atomic E-state index is -4.59. The molecule has 3 N–H and O–H groups in total. The molecule has 3 heterocycles. The molecule has 0 fully saturated rings. The molecule has 0 saturated carbocycles. The monoisotopic (exact) mass is 501 g/mol. The molecule has 4 aromatic rings. The summed E-state index contributed by atoms with van der Waals surface area (Å²) in [5.41, 5.74) is 1.42. The van der Waals surface area contributed by atoms with Crippen LogP contribution in [0.1, 0.15) is 38.4 Å². The summed E-state index contributed by atoms with van der Waals surface area (Å²) in [4.78, 5) is 27.7. The van der Waals surface area contributed by atoms with Gasteiger partial charge in [-0.3, -0.25) is 4.98 Å². The number of thiazole rings is 1. The van der Waals surface area contributed by atoms with Gasteiger partial charge in [0.05, 0.1) is 16.1 Å². The molecule has 0 bridgehead atoms. The summed E-state index contributed by atoms with van der Waals surface area (Å²) in [5, 5.41) is 22.8. The van der Waals surface area contributed by atoms with Gasteiger partial charge in [0.25, 0.3) is 0 Å². The second-order valence-corrected chi connectivity index (χ2v) is 8.62. The number of aromatic carboxylic acids is 1. The number of nitrogens with zero attached hydrogens (tertiary/aromatic N) is 4. The number of carbonyl (C=O) groups is 1. The molecule has 1 atom stereocenters. The number of pyridine rings is 1. The first kappa shape index (κ1) is 24.2. The van der Waals surface area contributed by atoms with Crippen LogP contribution in [0.2, 0.25) is 0 Å². The van der Waals surface area contributed by atoms with Gasteiger partial charge in [-0.15, -0.1) is 11.3 Å². The standard InChI is InChI=1S/C23H18F3N5O3S/c1-12-8-15(30-22-27-7-6-19(31-22)23(24,25)26)10-16(29-12)18-11-28-20(35-18)17(32)9-13-2-4-14(5-3-13)21(33)34/h2-8,10-11,17,32H,9H2,1H3,(H,33,34)(H,27,29,30,31). The van der Waals surface area contributed by atoms with Crippen molar-refractivity contribution in [2.45, 2.75) is 25.6 Å². The quantitative estimate of drug-likeness (QED) is 0.322. The fourth-order valence-electron chi connectivity index (χ4n) is 3.23. The molecular weight excluding hydrogens is 483 g/mol. The van der Waals surface area contributed by atoms with Crippen LogP contribution in [0, 0.1) is 6.92 Å². The molecule has 35 heavy (non-hydrogen) atoms. The molecule has 1 unspecified atom stereocenters. The number of halogens is 3. The Morgan fingerprint density at radius 2 is 1.86 bits per heavy atom. The van der Waals surface area contributed by atoms with Crippen molar-refractivity contribution >= 4 is 28.9 Å². The van der Waals surface area contributed by atoms with Gasteiger partial charge < -0.3 is 15.5 Å². The summed E-state index contributed by atoms with van der Waals surface area (Å²) in [5.74, 6) is -1.23. The predicted molar refractivity (Wildman–Crippen MR) is 122 cm³/mol. The molecule has 0 aliphatic carbocycles. The minimum Gasteiger partial charge on any atom is -0.478 e. The third-order valence-corrected chi connectivity index (χ3v) is 5.97. The summed E-state index contributed by atoms with van der Waals surface area (Å²) in [6.07, 6.45) is -2.67. The number of rotatable bonds is 7. The van der Waals surface area contributed by atoms with Crippen molar-refractivity contribution in [2.75, 3.05) is 5.32 Å². The zero-order valence-corrected chi connectivity index (χ0v) is 18.9. The molecule has 3 aromatic heterocycles. The molecule has 8 nitrogen and oxygen atoms in total. The number of aliphatic hydroxyl groups excluding tert-OH is 1. The largest absolute Gasteiger partial charge is 0.478 e. The molecule has 0 spiro atoms. The highest BCUT2D eigenvalue weighted by Crippen LogP contribution is 2.32. The lowest BCUT2D eigenvalue weighted by molar-refractivity contribution is -0.141. The highest BCUT2D eigenvalue weighted by atomic mass is 32.1. The van der Waals surface area contributed by atoms with Gasteiger partial charge in [-0.05, 0) is 42.8 Å². The van der Waals surface area contributed by atoms with E-state index in [9.17, 15) is 23.1 Å². The number of nitrogens with one attached hydrogen (secondary N) is 1. The maximum atomic E-state index is 12.9. The molecule has 0 saturated heterocycles. The number of anilines is 2. The molecule has 0 aliphatic heterocycles. The van der Waals surface area contributed by atoms with Crippen molar-refractivity contribution in [1.29, 1.82) is 0 Å². The van der Waals surface area contributed by atoms with Crippen LogP contribution in [-0.2, 0) is 12.6 Å². The minimum absolute atomic E-state index is 0.158. The second-order valence-electron chi connectivity index (χ2n) is 7.56. The van der Waals surface area contributed by atoms with E-state index in [1.165, 1.54) is 23.5 Å². The van der Waals surface area contributed by atoms with Gasteiger partial charge in [-0.1, -0.05) is 12.1 Å². The van der Waals surface area contributed by atoms with Crippen LogP contribution in [0.4, 0.5) is 24.8 Å². The van der Waals surface area contributed by atoms with Gasteiger partial charge in [-0.25, -0.2) is 19.7 Å². The predicted octanol–water partition coefficient (Wildman–Crippen LogP) is 5.04. The lowest BCUT2D eigenvalue weighted by atomic mass is 10.1. The SMILES string of the molecule is Cc1cc(Nc2nccc(C(F)(F)F)n2)cc(-c2cnc(C(O)Cc3ccc(C(=O)O)cc3)s2)n1. The number of aryl methyl sites for hydroxylation is 1. The Morgan fingerprint density at radius 3 is 2.54 bits per heavy atom. The molecule has 1 aromatic carbocycles. The van der Waals surface area contributed by atoms with Gasteiger partial charge in [0, 0.05) is 30.2 Å². The Labute approximate surface area is 201 Å². The van der Waals surface area contributed by atoms with E-state index in [-0.39, 0.29) is 17.9 Å². The Hall–Kier alpha value is -3.90. The lowest BCUT2D eigenvalue weighted by Gasteiger charge is -2.10. The van der Waals surface area contributed by atoms with Gasteiger partial charge >= 0.3 is 12.1 Å². The molecule has 180 valence electrons. The number of hydrogen-bond donors (Lipinski definition) is 3. The zero-order valence-electron chi connectivity index (χ0n) is 18.1. The van der Waals surface area contributed by atoms with Gasteiger partial charge in [-0.2, -0.15) is 13.2 Å². The highest BCUT2D eigenvalue weighted by molar-refractivity contribution is 7.15. The van der Waals surface area contributed by atoms with E-state index < -0.39 is 23.9 Å². The summed E-state index contributed by atoms with van der Waals surface area (Å²) in [6.45, 7) is 1.74. The third-order valence-electron chi connectivity index (χ3n) is 4.85. The Morgan fingerprint density at radius 1 is 1.11 bits per heavy atom. The van der Waals surface area contributed by atoms with Crippen LogP contribution < -0.4 is 5.32 Å². The summed E-state index contributed by atoms with van der Waals surface area (Å²) in [6, 6.07) is 10.3. The van der Waals surface area contributed by atoms with Crippen LogP contribution >= 0.6 is 11.3 Å². The van der Waals surface area contributed by atoms with Crippen molar-refractivity contribution < 1.29 is 28.2 Å². The molecular formula is C23H18F3N5O3S. The van der Waals surface area contributed by atoms with Crippen LogP contribution in [0.15, 0.2) is 54.9 Å². The first-order chi connectivity index (χ1) is 16.6. The van der Waals surface area contributed by atoms with Gasteiger partial charge in [0.2, 0.25) is 5.95 Å². The fraction of sp³-hybridized carbons (Fsp3) is 0.174. The van der Waals surface area contributed by atoms with Crippen molar-refractivity contribution in [2.24, 2.45) is 0 Å². The number of hydrogen-bond acceptors (Lipinski definition) is 8. The number of carboxylic acids is 1. The van der Waals surface area contributed by atoms with E-state index in [0.717, 1.165) is 17.8 Å². The number of aromatic nitrogens is 4. The normalized spacial score (nSPS) is 12.4. The topological polar surface area (TPSA) is 121 Å². The first-order valence-corrected chi connectivity index (χ1v) is 11.0. The Balaban J connectivity index is 1.51. The van der Waals surface area contributed by atoms with E-state index in [4.69, 9.17) is 5.11 Å². The summed E-state index contributed by atoms with van der Waals surface area (Å²) in [7, 11) is 0. The molecule has 0 amide bonds. The van der Waals surface area contributed by atoms with E-state index in [0.29, 0.717) is 27.0 Å². The summed E-state index contributed by atoms with van der Waals surface area (Å²) >= 11 is 1.23. The number of benzene rings is 1. The smallest absolute Gasteiger partial charge is 0.433 e. The van der Waals surface area contributed by atoms with Crippen molar-refractivity contribution in [1.82, 2.24) is 19.9 Å². The van der Waals surface area contributed by atoms with E-state index >= 15 is 0 Å². The number of aliphatic hydroxyl groups is 1. The van der Waals surface area contributed by atoms with Crippen molar-refractivity contribution in [3.8, 4) is 10.6 Å². The average Bonchev–Trinajstić information content (AvgIpc) is 3.29. The van der Waals surface area contributed by atoms with Crippen molar-refractivity contribution in [3.05, 3.63) is 82.4 Å². The van der Waals surface area contributed by atoms with E-state index in [2.05, 4.69) is 25.3 Å². The molecule has 0 aliphatic rings.